The molecule has 0 aromatic heterocycles. The van der Waals surface area contributed by atoms with Crippen LogP contribution in [0.2, 0.25) is 0 Å². The van der Waals surface area contributed by atoms with E-state index in [1.807, 2.05) is 44.2 Å². The van der Waals surface area contributed by atoms with E-state index >= 15 is 0 Å². The van der Waals surface area contributed by atoms with E-state index in [0.29, 0.717) is 6.42 Å². The number of nitrogens with one attached hydrogen (secondary N) is 6. The molecule has 0 saturated carbocycles. The molecule has 2 aliphatic rings. The minimum Gasteiger partial charge on any atom is -0.480 e. The van der Waals surface area contributed by atoms with Crippen molar-refractivity contribution in [3.05, 3.63) is 60.3 Å². The molecule has 23 heteroatoms. The first-order valence-electron chi connectivity index (χ1n) is 23.9. The number of aliphatic imine (C=N–C) groups is 1. The highest BCUT2D eigenvalue weighted by Gasteiger charge is 2.55. The third kappa shape index (κ3) is 17.5. The van der Waals surface area contributed by atoms with Crippen LogP contribution >= 0.6 is 0 Å². The van der Waals surface area contributed by atoms with E-state index in [4.69, 9.17) is 20.9 Å². The number of carboxylic acid groups (broad SMARTS) is 2. The summed E-state index contributed by atoms with van der Waals surface area (Å²) >= 11 is 0. The summed E-state index contributed by atoms with van der Waals surface area (Å²) in [5.74, 6) is -12.7. The fourth-order valence-electron chi connectivity index (χ4n) is 8.12. The molecule has 0 radical (unpaired) electrons. The van der Waals surface area contributed by atoms with Crippen LogP contribution in [-0.4, -0.2) is 149 Å². The van der Waals surface area contributed by atoms with Gasteiger partial charge in [-0.1, -0.05) is 83.7 Å². The summed E-state index contributed by atoms with van der Waals surface area (Å²) in [5, 5.41) is 35.6. The van der Waals surface area contributed by atoms with Gasteiger partial charge in [0.05, 0.1) is 30.1 Å². The van der Waals surface area contributed by atoms with Gasteiger partial charge in [-0.2, -0.15) is 0 Å². The van der Waals surface area contributed by atoms with Gasteiger partial charge in [-0.15, -0.1) is 0 Å². The van der Waals surface area contributed by atoms with E-state index in [0.717, 1.165) is 10.5 Å². The Labute approximate surface area is 420 Å². The van der Waals surface area contributed by atoms with Crippen LogP contribution in [0.4, 0.5) is 0 Å². The van der Waals surface area contributed by atoms with Crippen molar-refractivity contribution in [2.75, 3.05) is 20.7 Å². The third-order valence-electron chi connectivity index (χ3n) is 12.9. The number of hydrogen-bond acceptors (Lipinski definition) is 12. The lowest BCUT2D eigenvalue weighted by molar-refractivity contribution is -0.146. The number of rotatable bonds is 15. The summed E-state index contributed by atoms with van der Waals surface area (Å²) in [6, 6.07) is 0.905. The smallest absolute Gasteiger partial charge is 0.327 e. The van der Waals surface area contributed by atoms with Crippen LogP contribution in [-0.2, 0) is 59.0 Å². The molecule has 2 saturated heterocycles. The summed E-state index contributed by atoms with van der Waals surface area (Å²) in [6.07, 6.45) is 2.24. The number of carbonyl (C=O) groups excluding carboxylic acids is 7. The number of carbonyl (C=O) groups is 9. The molecule has 12 unspecified atom stereocenters. The van der Waals surface area contributed by atoms with Crippen LogP contribution in [0.3, 0.4) is 0 Å². The Balaban J connectivity index is 2.11. The van der Waals surface area contributed by atoms with Crippen LogP contribution in [0, 0.1) is 23.7 Å². The summed E-state index contributed by atoms with van der Waals surface area (Å²) in [6.45, 7) is 14.9. The molecule has 1 aromatic rings. The first-order chi connectivity index (χ1) is 33.7. The van der Waals surface area contributed by atoms with E-state index in [9.17, 15) is 53.4 Å². The highest BCUT2D eigenvalue weighted by atomic mass is 16.6. The molecule has 1 aromatic carbocycles. The molecular weight excluding hydrogens is 937 g/mol. The zero-order valence-corrected chi connectivity index (χ0v) is 42.6. The van der Waals surface area contributed by atoms with Gasteiger partial charge in [0, 0.05) is 33.0 Å². The number of guanidine groups is 1. The number of nitrogens with two attached hydrogens (primary N) is 2. The van der Waals surface area contributed by atoms with Crippen LogP contribution in [0.1, 0.15) is 86.1 Å². The summed E-state index contributed by atoms with van der Waals surface area (Å²) in [4.78, 5) is 126. The molecule has 72 heavy (non-hydrogen) atoms. The van der Waals surface area contributed by atoms with Gasteiger partial charge in [-0.25, -0.2) is 9.59 Å². The molecule has 2 fully saturated rings. The van der Waals surface area contributed by atoms with E-state index in [1.165, 1.54) is 33.9 Å². The normalized spacial score (nSPS) is 28.8. The number of aliphatic carboxylic acids is 2. The molecule has 23 nitrogen and oxygen atoms in total. The molecule has 12 N–H and O–H groups in total. The van der Waals surface area contributed by atoms with Gasteiger partial charge in [-0.05, 0) is 57.4 Å². The van der Waals surface area contributed by atoms with Gasteiger partial charge < -0.3 is 68.0 Å². The van der Waals surface area contributed by atoms with Crippen LogP contribution in [0.5, 0.6) is 0 Å². The fraction of sp³-hybridized carbons (Fsp3) is 0.592. The number of nitrogens with zero attached hydrogens (tertiary/aromatic N) is 2. The predicted octanol–water partition coefficient (Wildman–Crippen LogP) is -0.170. The van der Waals surface area contributed by atoms with E-state index in [2.05, 4.69) is 43.5 Å². The Kier molecular flexibility index (Phi) is 22.4. The predicted molar refractivity (Wildman–Crippen MR) is 264 cm³/mol. The second kappa shape index (κ2) is 27.1. The molecule has 0 spiro atoms. The molecule has 12 atom stereocenters. The standard InChI is InChI=1S/C49H74N10O13/c1-25(2)23-35-45(66)58-38(47(69)70)28(5)41(62)55-33(17-14-22-52-48(50)51)44(65)54-32(20-21-49(8)39(72-49)27(4)36(71-10)24-31-15-12-11-13-16-31)26(3)40(61)56-34(46(67)68)18-19-37(60)59(9)30(7)43(64)53-29(6)42(63)57-35/h11-13,15-16,20-21,25-29,32-36,38-39H,7,14,17-19,22-24H2,1-6,8-10H3,(H,53,64)(H,54,65)(H,55,62)(H,56,61)(H,57,63)(H,58,66)(H,67,68)(H,69,70)(H4,50,51,52). The maximum atomic E-state index is 14.4. The zero-order chi connectivity index (χ0) is 54.2. The largest absolute Gasteiger partial charge is 0.480 e. The molecule has 398 valence electrons. The van der Waals surface area contributed by atoms with Crippen molar-refractivity contribution in [2.45, 2.75) is 141 Å². The summed E-state index contributed by atoms with van der Waals surface area (Å²) in [7, 11) is 2.82. The summed E-state index contributed by atoms with van der Waals surface area (Å²) < 4.78 is 12.1. The number of hydrogen-bond donors (Lipinski definition) is 10. The Morgan fingerprint density at radius 3 is 2.07 bits per heavy atom. The molecular formula is C49H74N10O13. The van der Waals surface area contributed by atoms with Crippen molar-refractivity contribution >= 4 is 59.2 Å². The first-order valence-corrected chi connectivity index (χ1v) is 23.9. The lowest BCUT2D eigenvalue weighted by Gasteiger charge is -2.28. The van der Waals surface area contributed by atoms with E-state index in [-0.39, 0.29) is 55.8 Å². The Hall–Kier alpha value is -6.88. The lowest BCUT2D eigenvalue weighted by atomic mass is 9.88. The SMILES string of the molecule is C=C1C(=O)NC(C)C(=O)NC(CC(C)C)C(=O)NC(C(=O)O)C(C)C(=O)NC(CCCN=C(N)N)C(=O)NC(C=CC2(C)OC2C(C)C(Cc2ccccc2)OC)C(C)C(=O)NC(C(=O)O)CCC(=O)N1C. The molecule has 7 amide bonds. The second-order valence-electron chi connectivity index (χ2n) is 19.1. The van der Waals surface area contributed by atoms with Crippen LogP contribution < -0.4 is 43.4 Å². The molecule has 2 aliphatic heterocycles. The number of benzene rings is 1. The maximum Gasteiger partial charge on any atom is 0.327 e. The van der Waals surface area contributed by atoms with Crippen LogP contribution in [0.15, 0.2) is 59.8 Å². The highest BCUT2D eigenvalue weighted by molar-refractivity contribution is 6.00. The van der Waals surface area contributed by atoms with Gasteiger partial charge >= 0.3 is 11.9 Å². The Morgan fingerprint density at radius 1 is 0.875 bits per heavy atom. The minimum atomic E-state index is -1.89. The van der Waals surface area contributed by atoms with Gasteiger partial charge in [-0.3, -0.25) is 38.6 Å². The maximum absolute atomic E-state index is 14.4. The first kappa shape index (κ1) is 59.4. The van der Waals surface area contributed by atoms with E-state index < -0.39 is 126 Å². The molecule has 0 aliphatic carbocycles. The van der Waals surface area contributed by atoms with Crippen molar-refractivity contribution < 1.29 is 62.8 Å². The molecule has 2 heterocycles. The lowest BCUT2D eigenvalue weighted by Crippen LogP contribution is -2.59. The number of epoxide rings is 1. The molecule has 0 bridgehead atoms. The Morgan fingerprint density at radius 2 is 1.49 bits per heavy atom. The van der Waals surface area contributed by atoms with Crippen molar-refractivity contribution in [1.82, 2.24) is 36.8 Å². The van der Waals surface area contributed by atoms with E-state index in [1.54, 1.807) is 27.0 Å². The average Bonchev–Trinajstić information content (AvgIpc) is 4.01. The Bertz CT molecular complexity index is 2200. The van der Waals surface area contributed by atoms with Gasteiger partial charge in [0.25, 0.3) is 5.91 Å². The van der Waals surface area contributed by atoms with Crippen molar-refractivity contribution in [3.8, 4) is 0 Å². The van der Waals surface area contributed by atoms with Gasteiger partial charge in [0.1, 0.15) is 41.5 Å². The zero-order valence-electron chi connectivity index (χ0n) is 42.6. The van der Waals surface area contributed by atoms with Crippen molar-refractivity contribution in [3.63, 3.8) is 0 Å². The topological polar surface area (TPSA) is 356 Å². The van der Waals surface area contributed by atoms with Crippen molar-refractivity contribution in [1.29, 1.82) is 0 Å². The van der Waals surface area contributed by atoms with Crippen molar-refractivity contribution in [2.24, 2.45) is 40.1 Å². The average molecular weight is 1010 g/mol. The van der Waals surface area contributed by atoms with Gasteiger partial charge in [0.15, 0.2) is 5.96 Å². The number of likely N-dealkylation sites (N-methyl/N-ethyl adjacent to an activating group) is 1. The minimum absolute atomic E-state index is 0.00275. The summed E-state index contributed by atoms with van der Waals surface area (Å²) in [5.41, 5.74) is 10.8. The quantitative estimate of drug-likeness (QED) is 0.0272. The highest BCUT2D eigenvalue weighted by Crippen LogP contribution is 2.44. The number of carboxylic acids is 2. The number of methoxy groups -OCH3 is 1. The van der Waals surface area contributed by atoms with Crippen LogP contribution in [0.25, 0.3) is 0 Å². The third-order valence-corrected chi connectivity index (χ3v) is 12.9. The number of amides is 7. The van der Waals surface area contributed by atoms with Gasteiger partial charge in [0.2, 0.25) is 35.4 Å². The fourth-order valence-corrected chi connectivity index (χ4v) is 8.12. The monoisotopic (exact) mass is 1010 g/mol. The second-order valence-corrected chi connectivity index (χ2v) is 19.1. The number of ether oxygens (including phenoxy) is 2. The molecule has 3 rings (SSSR count).